The zero-order valence-electron chi connectivity index (χ0n) is 13.5. The summed E-state index contributed by atoms with van der Waals surface area (Å²) >= 11 is 1.40. The molecule has 0 aliphatic carbocycles. The normalized spacial score (nSPS) is 17.1. The van der Waals surface area contributed by atoms with E-state index in [1.807, 2.05) is 24.3 Å². The lowest BCUT2D eigenvalue weighted by atomic mass is 10.0. The van der Waals surface area contributed by atoms with Crippen molar-refractivity contribution in [3.8, 4) is 0 Å². The van der Waals surface area contributed by atoms with Crippen LogP contribution in [0.4, 0.5) is 5.69 Å². The summed E-state index contributed by atoms with van der Waals surface area (Å²) in [7, 11) is 0. The van der Waals surface area contributed by atoms with E-state index in [4.69, 9.17) is 4.74 Å². The van der Waals surface area contributed by atoms with Gasteiger partial charge in [-0.2, -0.15) is 0 Å². The number of esters is 1. The Morgan fingerprint density at radius 3 is 2.88 bits per heavy atom. The van der Waals surface area contributed by atoms with Crippen molar-refractivity contribution >= 4 is 51.4 Å². The fourth-order valence-electron chi connectivity index (χ4n) is 2.73. The lowest BCUT2D eigenvalue weighted by molar-refractivity contribution is -0.118. The molecule has 7 heteroatoms. The van der Waals surface area contributed by atoms with Gasteiger partial charge in [-0.1, -0.05) is 6.42 Å². The minimum absolute atomic E-state index is 0. The Labute approximate surface area is 151 Å². The van der Waals surface area contributed by atoms with Crippen LogP contribution in [0.15, 0.2) is 24.3 Å². The number of anilines is 1. The van der Waals surface area contributed by atoms with Crippen molar-refractivity contribution in [3.63, 3.8) is 0 Å². The van der Waals surface area contributed by atoms with Gasteiger partial charge in [0.2, 0.25) is 5.91 Å². The third-order valence-electron chi connectivity index (χ3n) is 3.89. The quantitative estimate of drug-likeness (QED) is 0.809. The molecule has 1 amide bonds. The van der Waals surface area contributed by atoms with Gasteiger partial charge < -0.3 is 15.4 Å². The molecule has 5 nitrogen and oxygen atoms in total. The maximum absolute atomic E-state index is 12.3. The van der Waals surface area contributed by atoms with Crippen LogP contribution in [0.2, 0.25) is 0 Å². The number of rotatable bonds is 4. The van der Waals surface area contributed by atoms with Crippen LogP contribution in [0.5, 0.6) is 0 Å². The van der Waals surface area contributed by atoms with Crippen molar-refractivity contribution in [2.75, 3.05) is 18.5 Å². The molecule has 0 bridgehead atoms. The summed E-state index contributed by atoms with van der Waals surface area (Å²) in [5.74, 6) is -0.296. The first kappa shape index (κ1) is 18.7. The number of thiophene rings is 1. The van der Waals surface area contributed by atoms with Crippen molar-refractivity contribution in [2.45, 2.75) is 32.2 Å². The van der Waals surface area contributed by atoms with Gasteiger partial charge in [0, 0.05) is 10.4 Å². The zero-order chi connectivity index (χ0) is 16.2. The van der Waals surface area contributed by atoms with Crippen molar-refractivity contribution in [3.05, 3.63) is 29.1 Å². The number of carbonyl (C=O) groups excluding carboxylic acids is 2. The maximum atomic E-state index is 12.3. The number of amides is 1. The Kier molecular flexibility index (Phi) is 6.60. The molecule has 24 heavy (non-hydrogen) atoms. The van der Waals surface area contributed by atoms with E-state index in [-0.39, 0.29) is 30.3 Å². The first-order valence-corrected chi connectivity index (χ1v) is 8.74. The Hall–Kier alpha value is -1.63. The lowest BCUT2D eigenvalue weighted by Gasteiger charge is -2.22. The summed E-state index contributed by atoms with van der Waals surface area (Å²) in [5, 5.41) is 7.13. The van der Waals surface area contributed by atoms with Crippen LogP contribution >= 0.6 is 23.7 Å². The highest BCUT2D eigenvalue weighted by molar-refractivity contribution is 7.20. The Bertz CT molecular complexity index is 726. The molecule has 0 spiro atoms. The Balaban J connectivity index is 0.00000208. The number of ether oxygens (including phenoxy) is 1. The summed E-state index contributed by atoms with van der Waals surface area (Å²) in [6, 6.07) is 7.39. The first-order valence-electron chi connectivity index (χ1n) is 7.92. The van der Waals surface area contributed by atoms with Gasteiger partial charge in [-0.15, -0.1) is 23.7 Å². The van der Waals surface area contributed by atoms with Gasteiger partial charge in [0.25, 0.3) is 0 Å². The van der Waals surface area contributed by atoms with E-state index < -0.39 is 0 Å². The number of nitrogens with one attached hydrogen (secondary N) is 2. The van der Waals surface area contributed by atoms with E-state index in [0.717, 1.165) is 41.6 Å². The lowest BCUT2D eigenvalue weighted by Crippen LogP contribution is -2.43. The highest BCUT2D eigenvalue weighted by atomic mass is 35.5. The molecule has 0 radical (unpaired) electrons. The molecule has 1 fully saturated rings. The van der Waals surface area contributed by atoms with Crippen LogP contribution in [0.1, 0.15) is 35.9 Å². The summed E-state index contributed by atoms with van der Waals surface area (Å²) in [6.07, 6.45) is 3.08. The number of hydrogen-bond donors (Lipinski definition) is 2. The molecular weight excluding hydrogens is 348 g/mol. The van der Waals surface area contributed by atoms with Gasteiger partial charge >= 0.3 is 5.97 Å². The molecule has 130 valence electrons. The molecule has 1 atom stereocenters. The van der Waals surface area contributed by atoms with E-state index in [1.165, 1.54) is 11.3 Å². The van der Waals surface area contributed by atoms with Gasteiger partial charge in [-0.05, 0) is 56.0 Å². The molecule has 2 aromatic rings. The second kappa shape index (κ2) is 8.46. The van der Waals surface area contributed by atoms with E-state index >= 15 is 0 Å². The van der Waals surface area contributed by atoms with Gasteiger partial charge in [-0.25, -0.2) is 4.79 Å². The third kappa shape index (κ3) is 4.26. The van der Waals surface area contributed by atoms with E-state index in [0.29, 0.717) is 11.5 Å². The fraction of sp³-hybridized carbons (Fsp3) is 0.412. The highest BCUT2D eigenvalue weighted by Gasteiger charge is 2.20. The molecule has 1 aromatic carbocycles. The van der Waals surface area contributed by atoms with Gasteiger partial charge in [0.05, 0.1) is 12.6 Å². The first-order chi connectivity index (χ1) is 11.2. The average Bonchev–Trinajstić information content (AvgIpc) is 2.99. The van der Waals surface area contributed by atoms with Gasteiger partial charge in [-0.3, -0.25) is 4.79 Å². The maximum Gasteiger partial charge on any atom is 0.348 e. The Morgan fingerprint density at radius 2 is 2.17 bits per heavy atom. The second-order valence-corrected chi connectivity index (χ2v) is 6.66. The molecule has 2 N–H and O–H groups in total. The topological polar surface area (TPSA) is 67.4 Å². The van der Waals surface area contributed by atoms with Crippen molar-refractivity contribution in [1.29, 1.82) is 0 Å². The molecule has 1 aliphatic rings. The number of halogens is 1. The van der Waals surface area contributed by atoms with Crippen LogP contribution in [-0.4, -0.2) is 31.1 Å². The largest absolute Gasteiger partial charge is 0.462 e. The van der Waals surface area contributed by atoms with E-state index in [9.17, 15) is 9.59 Å². The summed E-state index contributed by atoms with van der Waals surface area (Å²) in [6.45, 7) is 3.05. The molecule has 1 aromatic heterocycles. The monoisotopic (exact) mass is 368 g/mol. The highest BCUT2D eigenvalue weighted by Crippen LogP contribution is 2.28. The predicted octanol–water partition coefficient (Wildman–Crippen LogP) is 3.58. The van der Waals surface area contributed by atoms with E-state index in [2.05, 4.69) is 10.6 Å². The zero-order valence-corrected chi connectivity index (χ0v) is 15.1. The van der Waals surface area contributed by atoms with Crippen molar-refractivity contribution < 1.29 is 14.3 Å². The van der Waals surface area contributed by atoms with Crippen molar-refractivity contribution in [1.82, 2.24) is 5.32 Å². The number of carbonyl (C=O) groups is 2. The molecule has 0 saturated carbocycles. The number of piperidine rings is 1. The summed E-state index contributed by atoms with van der Waals surface area (Å²) in [4.78, 5) is 24.6. The molecule has 1 unspecified atom stereocenters. The number of benzene rings is 1. The number of hydrogen-bond acceptors (Lipinski definition) is 5. The van der Waals surface area contributed by atoms with Gasteiger partial charge in [0.15, 0.2) is 0 Å². The van der Waals surface area contributed by atoms with Crippen LogP contribution in [0.25, 0.3) is 10.1 Å². The molecule has 3 rings (SSSR count). The molecule has 2 heterocycles. The Morgan fingerprint density at radius 1 is 1.33 bits per heavy atom. The van der Waals surface area contributed by atoms with Crippen LogP contribution in [0.3, 0.4) is 0 Å². The fourth-order valence-corrected chi connectivity index (χ4v) is 3.67. The molecule has 1 aliphatic heterocycles. The SMILES string of the molecule is CCOC(=O)c1cc2cc(NC(=O)C3CCCCN3)ccc2s1.Cl. The smallest absolute Gasteiger partial charge is 0.348 e. The summed E-state index contributed by atoms with van der Waals surface area (Å²) in [5.41, 5.74) is 0.753. The van der Waals surface area contributed by atoms with E-state index in [1.54, 1.807) is 6.92 Å². The minimum Gasteiger partial charge on any atom is -0.462 e. The van der Waals surface area contributed by atoms with Crippen LogP contribution < -0.4 is 10.6 Å². The molecular formula is C17H21ClN2O3S. The van der Waals surface area contributed by atoms with Gasteiger partial charge in [0.1, 0.15) is 4.88 Å². The molecule has 1 saturated heterocycles. The summed E-state index contributed by atoms with van der Waals surface area (Å²) < 4.78 is 6.03. The third-order valence-corrected chi connectivity index (χ3v) is 4.98. The van der Waals surface area contributed by atoms with Crippen LogP contribution in [0, 0.1) is 0 Å². The average molecular weight is 369 g/mol. The van der Waals surface area contributed by atoms with Crippen LogP contribution in [-0.2, 0) is 9.53 Å². The van der Waals surface area contributed by atoms with Crippen molar-refractivity contribution in [2.24, 2.45) is 0 Å². The standard InChI is InChI=1S/C17H20N2O3S.ClH/c1-2-22-17(21)15-10-11-9-12(6-7-14(11)23-15)19-16(20)13-5-3-4-8-18-13;/h6-7,9-10,13,18H,2-5,8H2,1H3,(H,19,20);1H. The number of fused-ring (bicyclic) bond motifs is 1. The second-order valence-electron chi connectivity index (χ2n) is 5.58. The minimum atomic E-state index is -0.300. The predicted molar refractivity (Wildman–Crippen MR) is 99.3 cm³/mol.